The number of hydrogen-bond acceptors (Lipinski definition) is 2. The van der Waals surface area contributed by atoms with Crippen molar-refractivity contribution >= 4 is 23.8 Å². The maximum Gasteiger partial charge on any atom is 0.332 e. The largest absolute Gasteiger partial charge is 0.350 e. The number of halogens is 1. The molecular formula is C9H10ClN3O. The smallest absolute Gasteiger partial charge is 0.332 e. The second-order valence-electron chi connectivity index (χ2n) is 2.58. The first-order valence-electron chi connectivity index (χ1n) is 4.00. The van der Waals surface area contributed by atoms with Gasteiger partial charge in [0.1, 0.15) is 0 Å². The fourth-order valence-electron chi connectivity index (χ4n) is 0.917. The molecule has 74 valence electrons. The molecule has 1 aromatic carbocycles. The summed E-state index contributed by atoms with van der Waals surface area (Å²) in [5.74, 6) is 0. The van der Waals surface area contributed by atoms with E-state index in [4.69, 9.17) is 17.3 Å². The van der Waals surface area contributed by atoms with E-state index in [-0.39, 0.29) is 0 Å². The second kappa shape index (κ2) is 5.24. The molecule has 0 fully saturated rings. The zero-order valence-electron chi connectivity index (χ0n) is 7.40. The number of carbonyl (C=O) groups is 1. The molecule has 0 bridgehead atoms. The second-order valence-corrected chi connectivity index (χ2v) is 2.99. The normalized spacial score (nSPS) is 10.4. The lowest BCUT2D eigenvalue weighted by Gasteiger charge is -1.98. The fourth-order valence-corrected chi connectivity index (χ4v) is 1.13. The molecule has 0 saturated carbocycles. The Morgan fingerprint density at radius 3 is 2.93 bits per heavy atom. The van der Waals surface area contributed by atoms with Crippen molar-refractivity contribution in [2.45, 2.75) is 6.42 Å². The lowest BCUT2D eigenvalue weighted by molar-refractivity contribution is 0.249. The van der Waals surface area contributed by atoms with Crippen LogP contribution in [0, 0.1) is 0 Å². The van der Waals surface area contributed by atoms with Gasteiger partial charge in [-0.3, -0.25) is 0 Å². The highest BCUT2D eigenvalue weighted by molar-refractivity contribution is 6.31. The number of urea groups is 1. The van der Waals surface area contributed by atoms with Crippen LogP contribution in [-0.4, -0.2) is 12.2 Å². The van der Waals surface area contributed by atoms with E-state index in [9.17, 15) is 4.79 Å². The zero-order valence-corrected chi connectivity index (χ0v) is 8.16. The Bertz CT molecular complexity index is 352. The number of carbonyl (C=O) groups excluding carboxylic acids is 1. The van der Waals surface area contributed by atoms with Crippen molar-refractivity contribution in [1.29, 1.82) is 0 Å². The quantitative estimate of drug-likeness (QED) is 0.578. The van der Waals surface area contributed by atoms with Gasteiger partial charge in [0.15, 0.2) is 0 Å². The zero-order chi connectivity index (χ0) is 10.4. The van der Waals surface area contributed by atoms with Crippen LogP contribution in [0.15, 0.2) is 29.4 Å². The van der Waals surface area contributed by atoms with E-state index >= 15 is 0 Å². The molecule has 0 saturated heterocycles. The van der Waals surface area contributed by atoms with Crippen LogP contribution in [0.3, 0.4) is 0 Å². The van der Waals surface area contributed by atoms with E-state index in [2.05, 4.69) is 10.5 Å². The molecule has 0 aliphatic carbocycles. The number of rotatable bonds is 3. The van der Waals surface area contributed by atoms with E-state index in [0.29, 0.717) is 11.4 Å². The van der Waals surface area contributed by atoms with Gasteiger partial charge >= 0.3 is 6.03 Å². The average molecular weight is 212 g/mol. The van der Waals surface area contributed by atoms with Crippen LogP contribution in [-0.2, 0) is 6.42 Å². The summed E-state index contributed by atoms with van der Waals surface area (Å²) in [6.07, 6.45) is 2.09. The van der Waals surface area contributed by atoms with Gasteiger partial charge in [0, 0.05) is 17.7 Å². The van der Waals surface area contributed by atoms with Crippen molar-refractivity contribution in [2.75, 3.05) is 0 Å². The molecule has 0 aromatic heterocycles. The maximum atomic E-state index is 10.2. The Labute approximate surface area is 86.7 Å². The fraction of sp³-hybridized carbons (Fsp3) is 0.111. The summed E-state index contributed by atoms with van der Waals surface area (Å²) in [5, 5.41) is 4.28. The van der Waals surface area contributed by atoms with Crippen molar-refractivity contribution < 1.29 is 4.79 Å². The minimum Gasteiger partial charge on any atom is -0.350 e. The maximum absolute atomic E-state index is 10.2. The van der Waals surface area contributed by atoms with Crippen LogP contribution in [0.4, 0.5) is 4.79 Å². The molecule has 0 radical (unpaired) electrons. The third-order valence-corrected chi connectivity index (χ3v) is 1.90. The van der Waals surface area contributed by atoms with E-state index in [0.717, 1.165) is 5.56 Å². The number of hydrogen-bond donors (Lipinski definition) is 2. The molecule has 5 heteroatoms. The Morgan fingerprint density at radius 2 is 2.29 bits per heavy atom. The van der Waals surface area contributed by atoms with Crippen molar-refractivity contribution in [3.05, 3.63) is 34.9 Å². The third kappa shape index (κ3) is 3.45. The van der Waals surface area contributed by atoms with Gasteiger partial charge < -0.3 is 5.73 Å². The van der Waals surface area contributed by atoms with Gasteiger partial charge in [0.25, 0.3) is 0 Å². The van der Waals surface area contributed by atoms with Gasteiger partial charge in [-0.2, -0.15) is 5.10 Å². The molecule has 1 aromatic rings. The van der Waals surface area contributed by atoms with Gasteiger partial charge in [-0.25, -0.2) is 10.2 Å². The van der Waals surface area contributed by atoms with Crippen LogP contribution < -0.4 is 11.2 Å². The first-order chi connectivity index (χ1) is 6.70. The number of nitrogens with one attached hydrogen (secondary N) is 1. The molecule has 0 heterocycles. The molecular weight excluding hydrogens is 202 g/mol. The van der Waals surface area contributed by atoms with Crippen LogP contribution in [0.5, 0.6) is 0 Å². The molecule has 0 unspecified atom stereocenters. The van der Waals surface area contributed by atoms with E-state index in [1.165, 1.54) is 6.21 Å². The molecule has 0 aliphatic rings. The number of amides is 2. The summed E-state index contributed by atoms with van der Waals surface area (Å²) in [6, 6.07) is 6.74. The highest BCUT2D eigenvalue weighted by Gasteiger charge is 1.95. The van der Waals surface area contributed by atoms with Crippen molar-refractivity contribution in [1.82, 2.24) is 5.43 Å². The highest BCUT2D eigenvalue weighted by atomic mass is 35.5. The SMILES string of the molecule is NC(=O)N/N=C/Cc1ccccc1Cl. The molecule has 0 spiro atoms. The summed E-state index contributed by atoms with van der Waals surface area (Å²) in [6.45, 7) is 0. The predicted molar refractivity (Wildman–Crippen MR) is 56.4 cm³/mol. The van der Waals surface area contributed by atoms with Crippen molar-refractivity contribution in [3.8, 4) is 0 Å². The van der Waals surface area contributed by atoms with Crippen LogP contribution in [0.1, 0.15) is 5.56 Å². The summed E-state index contributed by atoms with van der Waals surface area (Å²) in [7, 11) is 0. The van der Waals surface area contributed by atoms with E-state index < -0.39 is 6.03 Å². The number of hydrazone groups is 1. The molecule has 14 heavy (non-hydrogen) atoms. The molecule has 4 nitrogen and oxygen atoms in total. The Kier molecular flexibility index (Phi) is 3.94. The van der Waals surface area contributed by atoms with Crippen molar-refractivity contribution in [2.24, 2.45) is 10.8 Å². The Balaban J connectivity index is 2.49. The molecule has 1 rings (SSSR count). The Morgan fingerprint density at radius 1 is 1.57 bits per heavy atom. The van der Waals surface area contributed by atoms with E-state index in [1.807, 2.05) is 18.2 Å². The van der Waals surface area contributed by atoms with Gasteiger partial charge in [0.05, 0.1) is 0 Å². The predicted octanol–water partition coefficient (Wildman–Crippen LogP) is 1.54. The third-order valence-electron chi connectivity index (χ3n) is 1.54. The lowest BCUT2D eigenvalue weighted by Crippen LogP contribution is -2.24. The number of primary amides is 1. The first kappa shape index (κ1) is 10.5. The standard InChI is InChI=1S/C9H10ClN3O/c10-8-4-2-1-3-7(8)5-6-12-13-9(11)14/h1-4,6H,5H2,(H3,11,13,14)/b12-6+. The summed E-state index contributed by atoms with van der Waals surface area (Å²) >= 11 is 5.89. The van der Waals surface area contributed by atoms with Gasteiger partial charge in [0.2, 0.25) is 0 Å². The molecule has 2 amide bonds. The van der Waals surface area contributed by atoms with Crippen LogP contribution in [0.25, 0.3) is 0 Å². The van der Waals surface area contributed by atoms with Gasteiger partial charge in [-0.05, 0) is 11.6 Å². The average Bonchev–Trinajstić information content (AvgIpc) is 2.15. The topological polar surface area (TPSA) is 67.5 Å². The summed E-state index contributed by atoms with van der Waals surface area (Å²) in [4.78, 5) is 10.2. The minimum atomic E-state index is -0.680. The van der Waals surface area contributed by atoms with Gasteiger partial charge in [-0.15, -0.1) is 0 Å². The summed E-state index contributed by atoms with van der Waals surface area (Å²) < 4.78 is 0. The minimum absolute atomic E-state index is 0.556. The lowest BCUT2D eigenvalue weighted by atomic mass is 10.2. The number of nitrogens with two attached hydrogens (primary N) is 1. The molecule has 0 atom stereocenters. The number of nitrogens with zero attached hydrogens (tertiary/aromatic N) is 1. The molecule has 3 N–H and O–H groups in total. The van der Waals surface area contributed by atoms with Crippen LogP contribution >= 0.6 is 11.6 Å². The molecule has 0 aliphatic heterocycles. The van der Waals surface area contributed by atoms with E-state index in [1.54, 1.807) is 6.07 Å². The first-order valence-corrected chi connectivity index (χ1v) is 4.38. The highest BCUT2D eigenvalue weighted by Crippen LogP contribution is 2.14. The van der Waals surface area contributed by atoms with Crippen LogP contribution in [0.2, 0.25) is 5.02 Å². The van der Waals surface area contributed by atoms with Crippen molar-refractivity contribution in [3.63, 3.8) is 0 Å². The summed E-state index contributed by atoms with van der Waals surface area (Å²) in [5.41, 5.74) is 7.86. The Hall–Kier alpha value is -1.55. The number of benzene rings is 1. The monoisotopic (exact) mass is 211 g/mol. The van der Waals surface area contributed by atoms with Gasteiger partial charge in [-0.1, -0.05) is 29.8 Å².